The van der Waals surface area contributed by atoms with E-state index in [-0.39, 0.29) is 17.0 Å². The molecule has 0 saturated carbocycles. The first-order valence-electron chi connectivity index (χ1n) is 5.45. The van der Waals surface area contributed by atoms with Crippen LogP contribution in [0.3, 0.4) is 0 Å². The summed E-state index contributed by atoms with van der Waals surface area (Å²) in [5.41, 5.74) is 0.0820. The van der Waals surface area contributed by atoms with Gasteiger partial charge in [-0.3, -0.25) is 0 Å². The van der Waals surface area contributed by atoms with Crippen molar-refractivity contribution in [3.63, 3.8) is 0 Å². The van der Waals surface area contributed by atoms with Gasteiger partial charge in [-0.2, -0.15) is 0 Å². The van der Waals surface area contributed by atoms with Crippen LogP contribution >= 0.6 is 11.6 Å². The Hall–Kier alpha value is -0.710. The molecule has 0 N–H and O–H groups in total. The Labute approximate surface area is 104 Å². The lowest BCUT2D eigenvalue weighted by molar-refractivity contribution is -0.134. The third-order valence-corrected chi connectivity index (χ3v) is 2.62. The highest BCUT2D eigenvalue weighted by Gasteiger charge is 2.17. The second-order valence-corrected chi connectivity index (χ2v) is 3.74. The number of benzene rings is 1. The minimum absolute atomic E-state index is 0.0820. The molecule has 0 atom stereocenters. The van der Waals surface area contributed by atoms with Gasteiger partial charge in [0.05, 0.1) is 5.02 Å². The van der Waals surface area contributed by atoms with Crippen LogP contribution in [0.5, 0.6) is 0 Å². The average molecular weight is 265 g/mol. The van der Waals surface area contributed by atoms with Gasteiger partial charge < -0.3 is 9.47 Å². The Morgan fingerprint density at radius 1 is 1.12 bits per heavy atom. The van der Waals surface area contributed by atoms with Crippen molar-refractivity contribution in [1.82, 2.24) is 0 Å². The lowest BCUT2D eigenvalue weighted by Gasteiger charge is -2.18. The zero-order chi connectivity index (χ0) is 12.8. The first-order chi connectivity index (χ1) is 8.10. The van der Waals surface area contributed by atoms with Crippen LogP contribution in [0.2, 0.25) is 5.02 Å². The molecule has 0 bridgehead atoms. The number of hydrogen-bond acceptors (Lipinski definition) is 2. The maximum atomic E-state index is 13.5. The van der Waals surface area contributed by atoms with Gasteiger partial charge in [-0.05, 0) is 26.0 Å². The van der Waals surface area contributed by atoms with Crippen molar-refractivity contribution in [1.29, 1.82) is 0 Å². The summed E-state index contributed by atoms with van der Waals surface area (Å²) in [6.45, 7) is 4.46. The van der Waals surface area contributed by atoms with Crippen LogP contribution in [0, 0.1) is 11.6 Å². The van der Waals surface area contributed by atoms with Gasteiger partial charge in [-0.15, -0.1) is 0 Å². The van der Waals surface area contributed by atoms with Gasteiger partial charge in [0, 0.05) is 25.2 Å². The number of halogens is 3. The Morgan fingerprint density at radius 2 is 1.65 bits per heavy atom. The molecule has 0 aliphatic carbocycles. The summed E-state index contributed by atoms with van der Waals surface area (Å²) in [6.07, 6.45) is -0.525. The molecule has 0 saturated heterocycles. The maximum Gasteiger partial charge on any atom is 0.161 e. The van der Waals surface area contributed by atoms with Crippen LogP contribution in [0.25, 0.3) is 0 Å². The van der Waals surface area contributed by atoms with Crippen LogP contribution in [0.4, 0.5) is 8.78 Å². The van der Waals surface area contributed by atoms with Crippen molar-refractivity contribution >= 4 is 11.6 Å². The summed E-state index contributed by atoms with van der Waals surface area (Å²) >= 11 is 5.72. The Bertz CT molecular complexity index is 366. The van der Waals surface area contributed by atoms with Crippen molar-refractivity contribution in [2.24, 2.45) is 0 Å². The zero-order valence-electron chi connectivity index (χ0n) is 9.80. The second kappa shape index (κ2) is 6.89. The molecular formula is C12H15ClF2O2. The van der Waals surface area contributed by atoms with E-state index in [4.69, 9.17) is 21.1 Å². The van der Waals surface area contributed by atoms with E-state index in [0.29, 0.717) is 13.2 Å². The molecule has 0 radical (unpaired) electrons. The lowest BCUT2D eigenvalue weighted by atomic mass is 10.1. The Kier molecular flexibility index (Phi) is 5.82. The number of rotatable bonds is 6. The lowest BCUT2D eigenvalue weighted by Crippen LogP contribution is -2.21. The van der Waals surface area contributed by atoms with E-state index in [2.05, 4.69) is 0 Å². The molecule has 5 heteroatoms. The fourth-order valence-corrected chi connectivity index (χ4v) is 1.69. The highest BCUT2D eigenvalue weighted by Crippen LogP contribution is 2.24. The van der Waals surface area contributed by atoms with Crippen LogP contribution in [-0.2, 0) is 15.9 Å². The summed E-state index contributed by atoms with van der Waals surface area (Å²) in [6, 6.07) is 2.04. The van der Waals surface area contributed by atoms with Gasteiger partial charge >= 0.3 is 0 Å². The largest absolute Gasteiger partial charge is 0.353 e. The van der Waals surface area contributed by atoms with Crippen molar-refractivity contribution in [3.05, 3.63) is 34.4 Å². The molecule has 0 aromatic heterocycles. The normalized spacial score (nSPS) is 11.2. The predicted octanol–water partition coefficient (Wildman–Crippen LogP) is 3.56. The fraction of sp³-hybridized carbons (Fsp3) is 0.500. The first-order valence-corrected chi connectivity index (χ1v) is 5.83. The van der Waals surface area contributed by atoms with Crippen molar-refractivity contribution in [2.75, 3.05) is 13.2 Å². The van der Waals surface area contributed by atoms with Crippen molar-refractivity contribution in [2.45, 2.75) is 26.6 Å². The SMILES string of the molecule is CCOC(Cc1c(F)ccc(F)c1Cl)OCC. The number of hydrogen-bond donors (Lipinski definition) is 0. The van der Waals surface area contributed by atoms with Crippen molar-refractivity contribution < 1.29 is 18.3 Å². The summed E-state index contributed by atoms with van der Waals surface area (Å²) < 4.78 is 37.2. The topological polar surface area (TPSA) is 18.5 Å². The summed E-state index contributed by atoms with van der Waals surface area (Å²) in [5, 5.41) is -0.214. The standard InChI is InChI=1S/C12H15ClF2O2/c1-3-16-11(17-4-2)7-8-9(14)5-6-10(15)12(8)13/h5-6,11H,3-4,7H2,1-2H3. The fourth-order valence-electron chi connectivity index (χ4n) is 1.46. The van der Waals surface area contributed by atoms with E-state index in [9.17, 15) is 8.78 Å². The number of ether oxygens (including phenoxy) is 2. The molecule has 1 aromatic carbocycles. The third-order valence-electron chi connectivity index (χ3n) is 2.21. The predicted molar refractivity (Wildman–Crippen MR) is 62.1 cm³/mol. The molecule has 0 fully saturated rings. The van der Waals surface area contributed by atoms with E-state index in [1.807, 2.05) is 0 Å². The van der Waals surface area contributed by atoms with E-state index >= 15 is 0 Å². The van der Waals surface area contributed by atoms with Crippen LogP contribution < -0.4 is 0 Å². The quantitative estimate of drug-likeness (QED) is 0.578. The minimum atomic E-state index is -0.644. The van der Waals surface area contributed by atoms with Gasteiger partial charge in [0.25, 0.3) is 0 Å². The molecular weight excluding hydrogens is 250 g/mol. The highest BCUT2D eigenvalue weighted by molar-refractivity contribution is 6.31. The van der Waals surface area contributed by atoms with Gasteiger partial charge in [0.1, 0.15) is 11.6 Å². The van der Waals surface area contributed by atoms with Gasteiger partial charge in [0.2, 0.25) is 0 Å². The molecule has 96 valence electrons. The molecule has 0 spiro atoms. The Morgan fingerprint density at radius 3 is 2.18 bits per heavy atom. The Balaban J connectivity index is 2.88. The minimum Gasteiger partial charge on any atom is -0.353 e. The molecule has 1 aromatic rings. The molecule has 0 aliphatic rings. The summed E-state index contributed by atoms with van der Waals surface area (Å²) in [4.78, 5) is 0. The smallest absolute Gasteiger partial charge is 0.161 e. The summed E-state index contributed by atoms with van der Waals surface area (Å²) in [7, 11) is 0. The van der Waals surface area contributed by atoms with Gasteiger partial charge in [-0.1, -0.05) is 11.6 Å². The van der Waals surface area contributed by atoms with E-state index in [1.165, 1.54) is 0 Å². The zero-order valence-corrected chi connectivity index (χ0v) is 10.6. The summed E-state index contributed by atoms with van der Waals surface area (Å²) in [5.74, 6) is -1.20. The average Bonchev–Trinajstić information content (AvgIpc) is 2.30. The molecule has 0 unspecified atom stereocenters. The van der Waals surface area contributed by atoms with Crippen LogP contribution in [0.1, 0.15) is 19.4 Å². The first kappa shape index (κ1) is 14.4. The maximum absolute atomic E-state index is 13.5. The molecule has 0 aliphatic heterocycles. The van der Waals surface area contributed by atoms with E-state index in [0.717, 1.165) is 12.1 Å². The monoisotopic (exact) mass is 264 g/mol. The van der Waals surface area contributed by atoms with E-state index in [1.54, 1.807) is 13.8 Å². The molecule has 0 amide bonds. The van der Waals surface area contributed by atoms with Crippen LogP contribution in [0.15, 0.2) is 12.1 Å². The van der Waals surface area contributed by atoms with E-state index < -0.39 is 17.9 Å². The molecule has 0 heterocycles. The second-order valence-electron chi connectivity index (χ2n) is 3.37. The van der Waals surface area contributed by atoms with Crippen molar-refractivity contribution in [3.8, 4) is 0 Å². The van der Waals surface area contributed by atoms with Gasteiger partial charge in [-0.25, -0.2) is 8.78 Å². The molecule has 1 rings (SSSR count). The third kappa shape index (κ3) is 3.91. The van der Waals surface area contributed by atoms with Gasteiger partial charge in [0.15, 0.2) is 6.29 Å². The molecule has 17 heavy (non-hydrogen) atoms. The molecule has 2 nitrogen and oxygen atoms in total. The van der Waals surface area contributed by atoms with Crippen LogP contribution in [-0.4, -0.2) is 19.5 Å². The highest BCUT2D eigenvalue weighted by atomic mass is 35.5.